The summed E-state index contributed by atoms with van der Waals surface area (Å²) in [6.07, 6.45) is 0. The van der Waals surface area contributed by atoms with Gasteiger partial charge in [0.15, 0.2) is 5.13 Å². The van der Waals surface area contributed by atoms with Crippen molar-refractivity contribution < 1.29 is 9.59 Å². The molecule has 2 N–H and O–H groups in total. The molecule has 3 aromatic carbocycles. The van der Waals surface area contributed by atoms with Crippen molar-refractivity contribution in [1.29, 1.82) is 0 Å². The number of nitrogens with zero attached hydrogens (tertiary/aromatic N) is 1. The van der Waals surface area contributed by atoms with Gasteiger partial charge in [-0.05, 0) is 61.5 Å². The Balaban J connectivity index is 1.32. The quantitative estimate of drug-likeness (QED) is 0.244. The number of thioether (sulfide) groups is 1. The first kappa shape index (κ1) is 24.3. The summed E-state index contributed by atoms with van der Waals surface area (Å²) in [5.74, 6) is -0.377. The highest BCUT2D eigenvalue weighted by atomic mass is 35.5. The summed E-state index contributed by atoms with van der Waals surface area (Å²) in [4.78, 5) is 30.4. The predicted molar refractivity (Wildman–Crippen MR) is 142 cm³/mol. The lowest BCUT2D eigenvalue weighted by Crippen LogP contribution is -2.22. The Bertz CT molecular complexity index is 1310. The Kier molecular flexibility index (Phi) is 7.90. The van der Waals surface area contributed by atoms with Gasteiger partial charge in [0, 0.05) is 37.1 Å². The molecule has 0 bridgehead atoms. The number of nitrogens with one attached hydrogen (secondary N) is 2. The van der Waals surface area contributed by atoms with Crippen LogP contribution in [0.2, 0.25) is 10.0 Å². The fraction of sp³-hybridized carbons (Fsp3) is 0.0800. The largest absolute Gasteiger partial charge is 0.322 e. The molecule has 5 nitrogen and oxygen atoms in total. The van der Waals surface area contributed by atoms with Crippen molar-refractivity contribution in [1.82, 2.24) is 4.98 Å². The molecule has 2 amide bonds. The number of anilines is 2. The summed E-state index contributed by atoms with van der Waals surface area (Å²) < 4.78 is 0. The molecular formula is C25H19Cl2N3O2S2. The third-order valence-electron chi connectivity index (χ3n) is 4.76. The van der Waals surface area contributed by atoms with E-state index in [9.17, 15) is 9.59 Å². The highest BCUT2D eigenvalue weighted by Crippen LogP contribution is 2.29. The van der Waals surface area contributed by atoms with Crippen LogP contribution >= 0.6 is 46.3 Å². The molecule has 0 radical (unpaired) electrons. The maximum atomic E-state index is 12.7. The van der Waals surface area contributed by atoms with Gasteiger partial charge in [0.05, 0.1) is 10.9 Å². The van der Waals surface area contributed by atoms with Crippen molar-refractivity contribution in [3.05, 3.63) is 93.8 Å². The first-order valence-electron chi connectivity index (χ1n) is 10.2. The lowest BCUT2D eigenvalue weighted by Gasteiger charge is -2.11. The number of carbonyl (C=O) groups excluding carboxylic acids is 2. The van der Waals surface area contributed by atoms with Gasteiger partial charge in [0.25, 0.3) is 5.91 Å². The normalized spacial score (nSPS) is 11.6. The molecule has 0 aliphatic rings. The lowest BCUT2D eigenvalue weighted by molar-refractivity contribution is -0.115. The number of rotatable bonds is 7. The number of halogens is 2. The average Bonchev–Trinajstić information content (AvgIpc) is 3.29. The molecule has 0 aliphatic carbocycles. The number of carbonyl (C=O) groups is 2. The van der Waals surface area contributed by atoms with E-state index in [1.54, 1.807) is 48.5 Å². The molecule has 0 spiro atoms. The van der Waals surface area contributed by atoms with Gasteiger partial charge >= 0.3 is 0 Å². The van der Waals surface area contributed by atoms with E-state index in [-0.39, 0.29) is 17.1 Å². The minimum Gasteiger partial charge on any atom is -0.322 e. The molecule has 1 atom stereocenters. The van der Waals surface area contributed by atoms with E-state index in [2.05, 4.69) is 15.6 Å². The van der Waals surface area contributed by atoms with Crippen LogP contribution in [0.5, 0.6) is 0 Å². The van der Waals surface area contributed by atoms with Crippen molar-refractivity contribution >= 4 is 68.9 Å². The standard InChI is InChI=1S/C25H19Cl2N3O2S2/c1-15(23(31)30-25-29-22(14-33-25)16-5-7-18(26)8-6-16)34-21-11-9-20(10-12-21)28-24(32)17-3-2-4-19(27)13-17/h2-15H,1H3,(H,28,32)(H,29,30,31). The van der Waals surface area contributed by atoms with E-state index in [1.807, 2.05) is 36.6 Å². The Morgan fingerprint density at radius 3 is 2.38 bits per heavy atom. The van der Waals surface area contributed by atoms with Crippen LogP contribution in [0.3, 0.4) is 0 Å². The van der Waals surface area contributed by atoms with E-state index >= 15 is 0 Å². The Labute approximate surface area is 215 Å². The third kappa shape index (κ3) is 6.39. The molecule has 1 aromatic heterocycles. The van der Waals surface area contributed by atoms with Crippen molar-refractivity contribution in [2.45, 2.75) is 17.1 Å². The lowest BCUT2D eigenvalue weighted by atomic mass is 10.2. The number of thiazole rings is 1. The minimum absolute atomic E-state index is 0.139. The maximum absolute atomic E-state index is 12.7. The molecular weight excluding hydrogens is 509 g/mol. The minimum atomic E-state index is -0.338. The first-order chi connectivity index (χ1) is 16.4. The molecule has 0 fully saturated rings. The molecule has 1 heterocycles. The second-order valence-corrected chi connectivity index (χ2v) is 10.4. The first-order valence-corrected chi connectivity index (χ1v) is 12.7. The van der Waals surface area contributed by atoms with Gasteiger partial charge in [-0.3, -0.25) is 9.59 Å². The van der Waals surface area contributed by atoms with Crippen LogP contribution in [0.15, 0.2) is 83.1 Å². The monoisotopic (exact) mass is 527 g/mol. The van der Waals surface area contributed by atoms with Crippen LogP contribution in [0.25, 0.3) is 11.3 Å². The SMILES string of the molecule is CC(Sc1ccc(NC(=O)c2cccc(Cl)c2)cc1)C(=O)Nc1nc(-c2ccc(Cl)cc2)cs1. The van der Waals surface area contributed by atoms with Gasteiger partial charge in [-0.25, -0.2) is 4.98 Å². The number of amides is 2. The zero-order valence-corrected chi connectivity index (χ0v) is 21.1. The summed E-state index contributed by atoms with van der Waals surface area (Å²) in [5, 5.41) is 8.99. The van der Waals surface area contributed by atoms with Crippen molar-refractivity contribution in [3.63, 3.8) is 0 Å². The van der Waals surface area contributed by atoms with Crippen LogP contribution in [-0.4, -0.2) is 22.0 Å². The van der Waals surface area contributed by atoms with Crippen LogP contribution in [-0.2, 0) is 4.79 Å². The van der Waals surface area contributed by atoms with Crippen molar-refractivity contribution in [2.24, 2.45) is 0 Å². The van der Waals surface area contributed by atoms with Gasteiger partial charge < -0.3 is 10.6 Å². The van der Waals surface area contributed by atoms with E-state index in [0.29, 0.717) is 26.4 Å². The molecule has 4 rings (SSSR count). The maximum Gasteiger partial charge on any atom is 0.255 e. The van der Waals surface area contributed by atoms with Crippen LogP contribution in [0.4, 0.5) is 10.8 Å². The van der Waals surface area contributed by atoms with Gasteiger partial charge in [-0.2, -0.15) is 0 Å². The topological polar surface area (TPSA) is 71.1 Å². The second kappa shape index (κ2) is 11.1. The molecule has 0 saturated carbocycles. The molecule has 0 aliphatic heterocycles. The van der Waals surface area contributed by atoms with Crippen LogP contribution < -0.4 is 10.6 Å². The van der Waals surface area contributed by atoms with Gasteiger partial charge in [0.1, 0.15) is 0 Å². The summed E-state index contributed by atoms with van der Waals surface area (Å²) >= 11 is 14.7. The molecule has 34 heavy (non-hydrogen) atoms. The number of hydrogen-bond acceptors (Lipinski definition) is 5. The highest BCUT2D eigenvalue weighted by molar-refractivity contribution is 8.00. The van der Waals surface area contributed by atoms with E-state index in [4.69, 9.17) is 23.2 Å². The molecule has 0 saturated heterocycles. The van der Waals surface area contributed by atoms with Crippen molar-refractivity contribution in [2.75, 3.05) is 10.6 Å². The summed E-state index contributed by atoms with van der Waals surface area (Å²) in [6.45, 7) is 1.84. The highest BCUT2D eigenvalue weighted by Gasteiger charge is 2.17. The molecule has 172 valence electrons. The second-order valence-electron chi connectivity index (χ2n) is 7.28. The van der Waals surface area contributed by atoms with Crippen LogP contribution in [0.1, 0.15) is 17.3 Å². The average molecular weight is 528 g/mol. The summed E-state index contributed by atoms with van der Waals surface area (Å²) in [5.41, 5.74) is 2.86. The molecule has 1 unspecified atom stereocenters. The smallest absolute Gasteiger partial charge is 0.255 e. The van der Waals surface area contributed by atoms with E-state index in [1.165, 1.54) is 23.1 Å². The van der Waals surface area contributed by atoms with Gasteiger partial charge in [-0.1, -0.05) is 41.4 Å². The third-order valence-corrected chi connectivity index (χ3v) is 7.11. The van der Waals surface area contributed by atoms with Crippen molar-refractivity contribution in [3.8, 4) is 11.3 Å². The predicted octanol–water partition coefficient (Wildman–Crippen LogP) is 7.49. The molecule has 9 heteroatoms. The van der Waals surface area contributed by atoms with E-state index in [0.717, 1.165) is 16.2 Å². The molecule has 4 aromatic rings. The Morgan fingerprint density at radius 2 is 1.68 bits per heavy atom. The Morgan fingerprint density at radius 1 is 0.941 bits per heavy atom. The van der Waals surface area contributed by atoms with Gasteiger partial charge in [0.2, 0.25) is 5.91 Å². The van der Waals surface area contributed by atoms with Gasteiger partial charge in [-0.15, -0.1) is 23.1 Å². The fourth-order valence-corrected chi connectivity index (χ4v) is 4.91. The van der Waals surface area contributed by atoms with E-state index < -0.39 is 0 Å². The zero-order valence-electron chi connectivity index (χ0n) is 17.9. The summed E-state index contributed by atoms with van der Waals surface area (Å²) in [6, 6.07) is 21.5. The zero-order chi connectivity index (χ0) is 24.1. The number of hydrogen-bond donors (Lipinski definition) is 2. The Hall–Kier alpha value is -2.84. The number of benzene rings is 3. The fourth-order valence-electron chi connectivity index (χ4n) is 3.00. The summed E-state index contributed by atoms with van der Waals surface area (Å²) in [7, 11) is 0. The van der Waals surface area contributed by atoms with Crippen LogP contribution in [0, 0.1) is 0 Å². The number of aromatic nitrogens is 1.